The third kappa shape index (κ3) is 3.92. The van der Waals surface area contributed by atoms with E-state index in [9.17, 15) is 25.1 Å². The number of halogens is 1. The van der Waals surface area contributed by atoms with E-state index in [1.54, 1.807) is 0 Å². The van der Waals surface area contributed by atoms with Gasteiger partial charge in [-0.3, -0.25) is 20.0 Å². The SMILES string of the molecule is O=C(NC(CO)C(O)c1ccc([N+](=O)[O-])cc1)c1[nH]ncc1Br. The van der Waals surface area contributed by atoms with Crippen LogP contribution in [-0.2, 0) is 0 Å². The fraction of sp³-hybridized carbons (Fsp3) is 0.231. The van der Waals surface area contributed by atoms with Crippen molar-refractivity contribution in [2.75, 3.05) is 6.61 Å². The summed E-state index contributed by atoms with van der Waals surface area (Å²) >= 11 is 3.14. The van der Waals surface area contributed by atoms with Gasteiger partial charge in [0.25, 0.3) is 11.6 Å². The summed E-state index contributed by atoms with van der Waals surface area (Å²) in [5.74, 6) is -0.561. The van der Waals surface area contributed by atoms with Crippen LogP contribution in [-0.4, -0.2) is 43.9 Å². The molecule has 1 aromatic heterocycles. The monoisotopic (exact) mass is 384 g/mol. The van der Waals surface area contributed by atoms with Gasteiger partial charge in [0.1, 0.15) is 11.8 Å². The fourth-order valence-corrected chi connectivity index (χ4v) is 2.29. The van der Waals surface area contributed by atoms with Crippen molar-refractivity contribution in [1.29, 1.82) is 0 Å². The zero-order valence-corrected chi connectivity index (χ0v) is 13.2. The number of hydrogen-bond donors (Lipinski definition) is 4. The lowest BCUT2D eigenvalue weighted by atomic mass is 10.0. The molecular weight excluding hydrogens is 372 g/mol. The molecule has 1 aromatic carbocycles. The van der Waals surface area contributed by atoms with E-state index >= 15 is 0 Å². The zero-order valence-electron chi connectivity index (χ0n) is 11.6. The summed E-state index contributed by atoms with van der Waals surface area (Å²) in [6.07, 6.45) is 0.168. The molecule has 2 aromatic rings. The highest BCUT2D eigenvalue weighted by Gasteiger charge is 2.24. The number of non-ortho nitro benzene ring substituents is 1. The third-order valence-electron chi connectivity index (χ3n) is 3.16. The first-order chi connectivity index (χ1) is 10.9. The molecule has 2 rings (SSSR count). The fourth-order valence-electron chi connectivity index (χ4n) is 1.92. The number of carbonyl (C=O) groups is 1. The van der Waals surface area contributed by atoms with Crippen molar-refractivity contribution in [2.24, 2.45) is 0 Å². The summed E-state index contributed by atoms with van der Waals surface area (Å²) < 4.78 is 0.441. The quantitative estimate of drug-likeness (QED) is 0.430. The molecule has 0 aliphatic rings. The molecule has 0 spiro atoms. The molecule has 10 heteroatoms. The maximum Gasteiger partial charge on any atom is 0.270 e. The molecule has 122 valence electrons. The highest BCUT2D eigenvalue weighted by molar-refractivity contribution is 9.10. The number of benzene rings is 1. The second-order valence-corrected chi connectivity index (χ2v) is 5.50. The van der Waals surface area contributed by atoms with Crippen molar-refractivity contribution < 1.29 is 19.9 Å². The van der Waals surface area contributed by atoms with Crippen LogP contribution in [0.3, 0.4) is 0 Å². The number of nitro benzene ring substituents is 1. The average molecular weight is 385 g/mol. The van der Waals surface area contributed by atoms with Crippen molar-refractivity contribution in [3.05, 3.63) is 56.3 Å². The Morgan fingerprint density at radius 2 is 2.09 bits per heavy atom. The van der Waals surface area contributed by atoms with E-state index in [0.717, 1.165) is 0 Å². The van der Waals surface area contributed by atoms with Crippen molar-refractivity contribution in [2.45, 2.75) is 12.1 Å². The van der Waals surface area contributed by atoms with Gasteiger partial charge in [-0.2, -0.15) is 5.10 Å². The number of aliphatic hydroxyl groups excluding tert-OH is 2. The number of nitrogens with zero attached hydrogens (tertiary/aromatic N) is 2. The molecule has 0 aliphatic carbocycles. The van der Waals surface area contributed by atoms with Crippen molar-refractivity contribution in [3.63, 3.8) is 0 Å². The first kappa shape index (κ1) is 17.1. The van der Waals surface area contributed by atoms with Gasteiger partial charge < -0.3 is 15.5 Å². The number of carbonyl (C=O) groups excluding carboxylic acids is 1. The Labute approximate surface area is 138 Å². The van der Waals surface area contributed by atoms with Gasteiger partial charge in [0, 0.05) is 12.1 Å². The van der Waals surface area contributed by atoms with Gasteiger partial charge in [-0.05, 0) is 33.6 Å². The van der Waals surface area contributed by atoms with E-state index in [4.69, 9.17) is 0 Å². The number of amides is 1. The summed E-state index contributed by atoms with van der Waals surface area (Å²) in [6, 6.07) is 4.22. The van der Waals surface area contributed by atoms with Crippen LogP contribution in [0.15, 0.2) is 34.9 Å². The Hall–Kier alpha value is -2.30. The number of aromatic nitrogens is 2. The molecule has 2 atom stereocenters. The first-order valence-corrected chi connectivity index (χ1v) is 7.26. The van der Waals surface area contributed by atoms with Crippen LogP contribution < -0.4 is 5.32 Å². The van der Waals surface area contributed by atoms with Crippen molar-refractivity contribution >= 4 is 27.5 Å². The first-order valence-electron chi connectivity index (χ1n) is 6.47. The van der Waals surface area contributed by atoms with E-state index < -0.39 is 29.6 Å². The largest absolute Gasteiger partial charge is 0.394 e. The number of rotatable bonds is 6. The Kier molecular flexibility index (Phi) is 5.42. The van der Waals surface area contributed by atoms with Gasteiger partial charge in [-0.15, -0.1) is 0 Å². The lowest BCUT2D eigenvalue weighted by Crippen LogP contribution is -2.42. The summed E-state index contributed by atoms with van der Waals surface area (Å²) in [5, 5.41) is 38.9. The number of nitro groups is 1. The molecule has 0 bridgehead atoms. The number of aliphatic hydroxyl groups is 2. The van der Waals surface area contributed by atoms with E-state index in [-0.39, 0.29) is 11.4 Å². The van der Waals surface area contributed by atoms with Gasteiger partial charge in [0.2, 0.25) is 0 Å². The van der Waals surface area contributed by atoms with E-state index in [0.29, 0.717) is 10.0 Å². The summed E-state index contributed by atoms with van der Waals surface area (Å²) in [5.41, 5.74) is 0.366. The molecule has 2 unspecified atom stereocenters. The topological polar surface area (TPSA) is 141 Å². The zero-order chi connectivity index (χ0) is 17.0. The predicted octanol–water partition coefficient (Wildman–Crippen LogP) is 0.905. The molecule has 0 saturated heterocycles. The normalized spacial score (nSPS) is 13.3. The minimum atomic E-state index is -1.23. The molecule has 4 N–H and O–H groups in total. The van der Waals surface area contributed by atoms with Crippen LogP contribution >= 0.6 is 15.9 Å². The minimum absolute atomic E-state index is 0.119. The number of aromatic amines is 1. The molecule has 1 heterocycles. The lowest BCUT2D eigenvalue weighted by Gasteiger charge is -2.22. The predicted molar refractivity (Wildman–Crippen MR) is 82.7 cm³/mol. The second-order valence-electron chi connectivity index (χ2n) is 4.65. The molecular formula is C13H13BrN4O5. The number of nitrogens with one attached hydrogen (secondary N) is 2. The maximum atomic E-state index is 12.1. The standard InChI is InChI=1S/C13H13BrN4O5/c14-9-5-15-17-11(9)13(21)16-10(6-19)12(20)7-1-3-8(4-2-7)18(22)23/h1-5,10,12,19-20H,6H2,(H,15,17)(H,16,21). The van der Waals surface area contributed by atoms with Gasteiger partial charge in [0.15, 0.2) is 0 Å². The summed E-state index contributed by atoms with van der Waals surface area (Å²) in [4.78, 5) is 22.1. The van der Waals surface area contributed by atoms with Crippen molar-refractivity contribution in [1.82, 2.24) is 15.5 Å². The average Bonchev–Trinajstić information content (AvgIpc) is 2.98. The van der Waals surface area contributed by atoms with Crippen LogP contribution in [0.5, 0.6) is 0 Å². The summed E-state index contributed by atoms with van der Waals surface area (Å²) in [7, 11) is 0. The van der Waals surface area contributed by atoms with Gasteiger partial charge in [0.05, 0.1) is 28.2 Å². The van der Waals surface area contributed by atoms with Gasteiger partial charge >= 0.3 is 0 Å². The molecule has 9 nitrogen and oxygen atoms in total. The molecule has 0 saturated carbocycles. The maximum absolute atomic E-state index is 12.1. The molecule has 0 radical (unpaired) electrons. The van der Waals surface area contributed by atoms with E-state index in [1.165, 1.54) is 30.5 Å². The lowest BCUT2D eigenvalue weighted by molar-refractivity contribution is -0.384. The van der Waals surface area contributed by atoms with Crippen LogP contribution in [0.4, 0.5) is 5.69 Å². The Balaban J connectivity index is 2.12. The van der Waals surface area contributed by atoms with Crippen LogP contribution in [0, 0.1) is 10.1 Å². The van der Waals surface area contributed by atoms with Crippen LogP contribution in [0.2, 0.25) is 0 Å². The highest BCUT2D eigenvalue weighted by Crippen LogP contribution is 2.21. The van der Waals surface area contributed by atoms with Crippen LogP contribution in [0.1, 0.15) is 22.2 Å². The van der Waals surface area contributed by atoms with Gasteiger partial charge in [-0.1, -0.05) is 0 Å². The Morgan fingerprint density at radius 3 is 2.57 bits per heavy atom. The highest BCUT2D eigenvalue weighted by atomic mass is 79.9. The van der Waals surface area contributed by atoms with Gasteiger partial charge in [-0.25, -0.2) is 0 Å². The number of H-pyrrole nitrogens is 1. The van der Waals surface area contributed by atoms with Crippen LogP contribution in [0.25, 0.3) is 0 Å². The van der Waals surface area contributed by atoms with Crippen molar-refractivity contribution in [3.8, 4) is 0 Å². The third-order valence-corrected chi connectivity index (χ3v) is 3.76. The Bertz CT molecular complexity index is 703. The smallest absolute Gasteiger partial charge is 0.270 e. The Morgan fingerprint density at radius 1 is 1.43 bits per heavy atom. The molecule has 23 heavy (non-hydrogen) atoms. The van der Waals surface area contributed by atoms with E-state index in [1.807, 2.05) is 0 Å². The molecule has 0 fully saturated rings. The molecule has 0 aliphatic heterocycles. The second kappa shape index (κ2) is 7.31. The minimum Gasteiger partial charge on any atom is -0.394 e. The summed E-state index contributed by atoms with van der Waals surface area (Å²) in [6.45, 7) is -0.518. The molecule has 1 amide bonds. The van der Waals surface area contributed by atoms with E-state index in [2.05, 4.69) is 31.4 Å². The number of hydrogen-bond acceptors (Lipinski definition) is 6.